The van der Waals surface area contributed by atoms with Crippen molar-refractivity contribution in [3.05, 3.63) is 23.8 Å². The number of ether oxygens (including phenoxy) is 1. The van der Waals surface area contributed by atoms with E-state index in [0.717, 1.165) is 17.7 Å². The molecule has 6 heteroatoms. The number of benzene rings is 1. The molecule has 2 atom stereocenters. The summed E-state index contributed by atoms with van der Waals surface area (Å²) in [5, 5.41) is 20.0. The summed E-state index contributed by atoms with van der Waals surface area (Å²) in [4.78, 5) is 12.9. The zero-order valence-corrected chi connectivity index (χ0v) is 14.7. The molecule has 0 aliphatic carbocycles. The van der Waals surface area contributed by atoms with Gasteiger partial charge in [0.1, 0.15) is 0 Å². The van der Waals surface area contributed by atoms with Crippen LogP contribution in [0.15, 0.2) is 18.2 Å². The fourth-order valence-electron chi connectivity index (χ4n) is 3.24. The van der Waals surface area contributed by atoms with E-state index < -0.39 is 11.7 Å². The highest BCUT2D eigenvalue weighted by Crippen LogP contribution is 2.36. The van der Waals surface area contributed by atoms with Crippen molar-refractivity contribution in [1.29, 1.82) is 0 Å². The van der Waals surface area contributed by atoms with Crippen LogP contribution in [0.2, 0.25) is 0 Å². The number of nitrogens with zero attached hydrogens (tertiary/aromatic N) is 1. The first-order valence-corrected chi connectivity index (χ1v) is 8.48. The van der Waals surface area contributed by atoms with Crippen LogP contribution in [0.25, 0.3) is 0 Å². The highest BCUT2D eigenvalue weighted by Gasteiger charge is 2.41. The molecule has 1 saturated heterocycles. The minimum absolute atomic E-state index is 0.0210. The minimum Gasteiger partial charge on any atom is -0.481 e. The van der Waals surface area contributed by atoms with Crippen LogP contribution < -0.4 is 10.6 Å². The molecule has 1 aliphatic heterocycles. The highest BCUT2D eigenvalue weighted by molar-refractivity contribution is 5.71. The van der Waals surface area contributed by atoms with E-state index in [1.807, 2.05) is 43.9 Å². The largest absolute Gasteiger partial charge is 0.481 e. The second kappa shape index (κ2) is 7.40. The first-order valence-electron chi connectivity index (χ1n) is 8.48. The molecule has 0 radical (unpaired) electrons. The Hall–Kier alpha value is -1.79. The van der Waals surface area contributed by atoms with Crippen molar-refractivity contribution in [2.45, 2.75) is 45.3 Å². The summed E-state index contributed by atoms with van der Waals surface area (Å²) < 4.78 is 5.46. The Kier molecular flexibility index (Phi) is 5.72. The van der Waals surface area contributed by atoms with Gasteiger partial charge in [0.15, 0.2) is 5.72 Å². The van der Waals surface area contributed by atoms with Gasteiger partial charge in [0.25, 0.3) is 0 Å². The van der Waals surface area contributed by atoms with E-state index in [2.05, 4.69) is 0 Å². The average Bonchev–Trinajstić information content (AvgIpc) is 2.53. The lowest BCUT2D eigenvalue weighted by molar-refractivity contribution is -0.137. The zero-order chi connectivity index (χ0) is 17.9. The molecule has 24 heavy (non-hydrogen) atoms. The number of morpholine rings is 1. The quantitative estimate of drug-likeness (QED) is 0.691. The van der Waals surface area contributed by atoms with E-state index in [9.17, 15) is 9.90 Å². The van der Waals surface area contributed by atoms with Crippen molar-refractivity contribution in [1.82, 2.24) is 0 Å². The van der Waals surface area contributed by atoms with Gasteiger partial charge in [0.2, 0.25) is 0 Å². The Bertz CT molecular complexity index is 590. The lowest BCUT2D eigenvalue weighted by Crippen LogP contribution is -2.60. The number of carboxylic acids is 1. The predicted molar refractivity (Wildman–Crippen MR) is 94.1 cm³/mol. The number of carbonyl (C=O) groups is 1. The van der Waals surface area contributed by atoms with Crippen molar-refractivity contribution < 1.29 is 19.7 Å². The Labute approximate surface area is 143 Å². The Morgan fingerprint density at radius 2 is 2.17 bits per heavy atom. The van der Waals surface area contributed by atoms with Gasteiger partial charge >= 0.3 is 5.97 Å². The molecule has 0 bridgehead atoms. The second-order valence-corrected chi connectivity index (χ2v) is 6.76. The summed E-state index contributed by atoms with van der Waals surface area (Å²) in [6.07, 6.45) is 0.821. The van der Waals surface area contributed by atoms with E-state index in [0.29, 0.717) is 18.8 Å². The summed E-state index contributed by atoms with van der Waals surface area (Å²) >= 11 is 0. The molecule has 4 N–H and O–H groups in total. The van der Waals surface area contributed by atoms with Crippen molar-refractivity contribution >= 4 is 17.3 Å². The van der Waals surface area contributed by atoms with E-state index in [-0.39, 0.29) is 24.9 Å². The van der Waals surface area contributed by atoms with Crippen LogP contribution in [-0.4, -0.2) is 41.7 Å². The van der Waals surface area contributed by atoms with Gasteiger partial charge in [-0.1, -0.05) is 26.8 Å². The van der Waals surface area contributed by atoms with Crippen molar-refractivity contribution in [2.24, 2.45) is 5.92 Å². The smallest absolute Gasteiger partial charge is 0.303 e. The molecule has 134 valence electrons. The van der Waals surface area contributed by atoms with Crippen molar-refractivity contribution in [3.8, 4) is 0 Å². The number of hydrogen-bond acceptors (Lipinski definition) is 5. The summed E-state index contributed by atoms with van der Waals surface area (Å²) in [5.41, 5.74) is 7.40. The van der Waals surface area contributed by atoms with Gasteiger partial charge in [-0.25, -0.2) is 0 Å². The molecule has 1 aromatic rings. The molecule has 1 heterocycles. The molecule has 1 aromatic carbocycles. The molecule has 1 fully saturated rings. The van der Waals surface area contributed by atoms with Crippen LogP contribution in [0.5, 0.6) is 0 Å². The van der Waals surface area contributed by atoms with Crippen LogP contribution in [-0.2, 0) is 9.53 Å². The molecule has 0 spiro atoms. The maximum Gasteiger partial charge on any atom is 0.303 e. The maximum absolute atomic E-state index is 11.0. The lowest BCUT2D eigenvalue weighted by Gasteiger charge is -2.47. The van der Waals surface area contributed by atoms with Crippen molar-refractivity contribution in [2.75, 3.05) is 30.4 Å². The number of nitrogens with two attached hydrogens (primary N) is 1. The van der Waals surface area contributed by atoms with E-state index in [1.54, 1.807) is 0 Å². The average molecular weight is 336 g/mol. The Morgan fingerprint density at radius 1 is 1.46 bits per heavy atom. The predicted octanol–water partition coefficient (Wildman–Crippen LogP) is 2.42. The van der Waals surface area contributed by atoms with Gasteiger partial charge in [-0.05, 0) is 30.0 Å². The molecule has 0 unspecified atom stereocenters. The van der Waals surface area contributed by atoms with Crippen LogP contribution in [0, 0.1) is 5.92 Å². The number of aliphatic hydroxyl groups is 1. The van der Waals surface area contributed by atoms with E-state index >= 15 is 0 Å². The number of hydrogen-bond donors (Lipinski definition) is 3. The zero-order valence-electron chi connectivity index (χ0n) is 14.7. The molecule has 2 rings (SSSR count). The van der Waals surface area contributed by atoms with Crippen LogP contribution >= 0.6 is 0 Å². The summed E-state index contributed by atoms with van der Waals surface area (Å²) in [6, 6.07) is 5.63. The number of rotatable bonds is 6. The van der Waals surface area contributed by atoms with Gasteiger partial charge in [0.05, 0.1) is 31.0 Å². The normalized spacial score (nSPS) is 22.6. The van der Waals surface area contributed by atoms with Gasteiger partial charge in [-0.2, -0.15) is 0 Å². The monoisotopic (exact) mass is 336 g/mol. The van der Waals surface area contributed by atoms with Crippen LogP contribution in [0.4, 0.5) is 11.4 Å². The SMILES string of the molecule is CC[C@H](CC(=O)O)c1ccc(N2CCOC[C@@]2(O)C(C)C)c(N)c1. The summed E-state index contributed by atoms with van der Waals surface area (Å²) in [5.74, 6) is -0.897. The minimum atomic E-state index is -1.10. The van der Waals surface area contributed by atoms with E-state index in [1.165, 1.54) is 0 Å². The highest BCUT2D eigenvalue weighted by atomic mass is 16.5. The van der Waals surface area contributed by atoms with Crippen LogP contribution in [0.1, 0.15) is 45.1 Å². The Balaban J connectivity index is 2.33. The molecule has 6 nitrogen and oxygen atoms in total. The summed E-state index contributed by atoms with van der Waals surface area (Å²) in [6.45, 7) is 7.20. The maximum atomic E-state index is 11.0. The first kappa shape index (κ1) is 18.5. The molecule has 0 aromatic heterocycles. The lowest BCUT2D eigenvalue weighted by atomic mass is 9.91. The number of carboxylic acid groups (broad SMARTS) is 1. The van der Waals surface area contributed by atoms with Crippen molar-refractivity contribution in [3.63, 3.8) is 0 Å². The molecule has 0 saturated carbocycles. The standard InChI is InChI=1S/C18H28N2O4/c1-4-13(10-17(21)22)14-5-6-16(15(19)9-14)20-7-8-24-11-18(20,23)12(2)3/h5-6,9,12-13,23H,4,7-8,10-11,19H2,1-3H3,(H,21,22)/t13-,18-/m1/s1. The number of aliphatic carboxylic acids is 1. The van der Waals surface area contributed by atoms with Gasteiger partial charge in [0, 0.05) is 12.5 Å². The third kappa shape index (κ3) is 3.65. The topological polar surface area (TPSA) is 96.0 Å². The van der Waals surface area contributed by atoms with E-state index in [4.69, 9.17) is 15.6 Å². The fourth-order valence-corrected chi connectivity index (χ4v) is 3.24. The molecule has 0 amide bonds. The first-order chi connectivity index (χ1) is 11.3. The molecular formula is C18H28N2O4. The fraction of sp³-hybridized carbons (Fsp3) is 0.611. The molecular weight excluding hydrogens is 308 g/mol. The Morgan fingerprint density at radius 3 is 2.71 bits per heavy atom. The number of nitrogen functional groups attached to an aromatic ring is 1. The third-order valence-electron chi connectivity index (χ3n) is 4.89. The van der Waals surface area contributed by atoms with Crippen LogP contribution in [0.3, 0.4) is 0 Å². The number of anilines is 2. The molecule has 1 aliphatic rings. The van der Waals surface area contributed by atoms with Gasteiger partial charge in [-0.3, -0.25) is 4.79 Å². The second-order valence-electron chi connectivity index (χ2n) is 6.76. The van der Waals surface area contributed by atoms with Gasteiger partial charge < -0.3 is 25.6 Å². The summed E-state index contributed by atoms with van der Waals surface area (Å²) in [7, 11) is 0. The third-order valence-corrected chi connectivity index (χ3v) is 4.89. The van der Waals surface area contributed by atoms with Gasteiger partial charge in [-0.15, -0.1) is 0 Å².